The van der Waals surface area contributed by atoms with Gasteiger partial charge in [0.1, 0.15) is 12.1 Å². The van der Waals surface area contributed by atoms with Crippen molar-refractivity contribution >= 4 is 6.09 Å². The van der Waals surface area contributed by atoms with E-state index in [1.165, 1.54) is 0 Å². The van der Waals surface area contributed by atoms with Gasteiger partial charge < -0.3 is 15.2 Å². The number of hydrogen-bond donors (Lipinski definition) is 2. The molecule has 0 heterocycles. The van der Waals surface area contributed by atoms with Gasteiger partial charge in [0.25, 0.3) is 6.43 Å². The molecule has 0 radical (unpaired) electrons. The average Bonchev–Trinajstić information content (AvgIpc) is 2.94. The van der Waals surface area contributed by atoms with Crippen LogP contribution in [-0.4, -0.2) is 36.4 Å². The van der Waals surface area contributed by atoms with Gasteiger partial charge in [-0.25, -0.2) is 13.6 Å². The largest absolute Gasteiger partial charge is 0.449 e. The number of hydrogen-bond acceptors (Lipinski definition) is 3. The first-order valence-corrected chi connectivity index (χ1v) is 7.98. The molecule has 0 fully saturated rings. The average molecular weight is 347 g/mol. The molecule has 4 nitrogen and oxygen atoms in total. The van der Waals surface area contributed by atoms with Crippen LogP contribution in [0.25, 0.3) is 11.1 Å². The molecular weight excluding hydrogens is 328 g/mol. The molecule has 2 aromatic carbocycles. The number of ether oxygens (including phenoxy) is 1. The number of aliphatic hydroxyl groups is 1. The minimum absolute atomic E-state index is 0.0323. The number of rotatable bonds is 5. The molecule has 25 heavy (non-hydrogen) atoms. The molecule has 1 aliphatic carbocycles. The molecule has 1 unspecified atom stereocenters. The number of carbonyl (C=O) groups excluding carboxylic acids is 1. The summed E-state index contributed by atoms with van der Waals surface area (Å²) >= 11 is 0. The van der Waals surface area contributed by atoms with Crippen molar-refractivity contribution in [2.75, 3.05) is 13.2 Å². The Morgan fingerprint density at radius 1 is 1.16 bits per heavy atom. The monoisotopic (exact) mass is 347 g/mol. The van der Waals surface area contributed by atoms with Crippen molar-refractivity contribution < 1.29 is 23.4 Å². The lowest BCUT2D eigenvalue weighted by molar-refractivity contribution is 0.00362. The molecule has 1 amide bonds. The molecule has 0 spiro atoms. The number of carbonyl (C=O) groups is 1. The first-order chi connectivity index (χ1) is 12.0. The third-order valence-electron chi connectivity index (χ3n) is 4.54. The third kappa shape index (κ3) is 3.22. The van der Waals surface area contributed by atoms with Crippen LogP contribution in [0.4, 0.5) is 13.6 Å². The second kappa shape index (κ2) is 6.80. The highest BCUT2D eigenvalue weighted by Crippen LogP contribution is 2.44. The maximum atomic E-state index is 12.9. The van der Waals surface area contributed by atoms with E-state index >= 15 is 0 Å². The number of alkyl carbamates (subject to hydrolysis) is 1. The standard InChI is InChI=1S/C19H19F2NO3/c1-19(11-23,17(20)21)22-18(24)25-10-16-14-8-4-2-6-12(14)13-7-3-5-9-15(13)16/h2-9,16-17,23H,10-11H2,1H3,(H,22,24). The fraction of sp³-hybridized carbons (Fsp3) is 0.316. The highest BCUT2D eigenvalue weighted by molar-refractivity contribution is 5.79. The zero-order valence-corrected chi connectivity index (χ0v) is 13.7. The SMILES string of the molecule is CC(CO)(NC(=O)OCC1c2ccccc2-c2ccccc21)C(F)F. The van der Waals surface area contributed by atoms with Crippen molar-refractivity contribution in [1.29, 1.82) is 0 Å². The lowest BCUT2D eigenvalue weighted by atomic mass is 9.98. The van der Waals surface area contributed by atoms with Crippen LogP contribution in [0.1, 0.15) is 24.0 Å². The van der Waals surface area contributed by atoms with E-state index in [2.05, 4.69) is 5.32 Å². The molecule has 0 saturated heterocycles. The third-order valence-corrected chi connectivity index (χ3v) is 4.54. The summed E-state index contributed by atoms with van der Waals surface area (Å²) in [6.45, 7) is 0.221. The van der Waals surface area contributed by atoms with Gasteiger partial charge in [-0.2, -0.15) is 0 Å². The molecule has 0 saturated carbocycles. The van der Waals surface area contributed by atoms with Gasteiger partial charge in [0.15, 0.2) is 0 Å². The second-order valence-electron chi connectivity index (χ2n) is 6.33. The topological polar surface area (TPSA) is 58.6 Å². The molecule has 2 aromatic rings. The van der Waals surface area contributed by atoms with Crippen molar-refractivity contribution in [3.63, 3.8) is 0 Å². The van der Waals surface area contributed by atoms with Crippen LogP contribution in [0, 0.1) is 0 Å². The highest BCUT2D eigenvalue weighted by atomic mass is 19.3. The zero-order chi connectivity index (χ0) is 18.0. The Balaban J connectivity index is 1.75. The molecule has 2 N–H and O–H groups in total. The van der Waals surface area contributed by atoms with E-state index in [1.807, 2.05) is 48.5 Å². The maximum absolute atomic E-state index is 12.9. The number of nitrogens with one attached hydrogen (secondary N) is 1. The Morgan fingerprint density at radius 3 is 2.16 bits per heavy atom. The molecular formula is C19H19F2NO3. The fourth-order valence-corrected chi connectivity index (χ4v) is 3.03. The summed E-state index contributed by atoms with van der Waals surface area (Å²) in [5.41, 5.74) is 2.22. The summed E-state index contributed by atoms with van der Waals surface area (Å²) in [4.78, 5) is 11.9. The first kappa shape index (κ1) is 17.4. The van der Waals surface area contributed by atoms with Crippen molar-refractivity contribution in [3.8, 4) is 11.1 Å². The minimum atomic E-state index is -2.90. The van der Waals surface area contributed by atoms with Gasteiger partial charge in [-0.15, -0.1) is 0 Å². The Kier molecular flexibility index (Phi) is 4.72. The molecule has 0 aliphatic heterocycles. The van der Waals surface area contributed by atoms with Crippen LogP contribution in [0.15, 0.2) is 48.5 Å². The minimum Gasteiger partial charge on any atom is -0.449 e. The highest BCUT2D eigenvalue weighted by Gasteiger charge is 2.37. The van der Waals surface area contributed by atoms with E-state index in [1.54, 1.807) is 0 Å². The Hall–Kier alpha value is -2.47. The first-order valence-electron chi connectivity index (χ1n) is 7.98. The van der Waals surface area contributed by atoms with Crippen molar-refractivity contribution in [2.45, 2.75) is 24.8 Å². The van der Waals surface area contributed by atoms with E-state index in [0.29, 0.717) is 0 Å². The van der Waals surface area contributed by atoms with E-state index in [9.17, 15) is 13.6 Å². The summed E-state index contributed by atoms with van der Waals surface area (Å²) in [5, 5.41) is 11.1. The number of fused-ring (bicyclic) bond motifs is 3. The van der Waals surface area contributed by atoms with Crippen molar-refractivity contribution in [3.05, 3.63) is 59.7 Å². The lowest BCUT2D eigenvalue weighted by Crippen LogP contribution is -2.54. The van der Waals surface area contributed by atoms with Crippen LogP contribution in [0.5, 0.6) is 0 Å². The molecule has 1 aliphatic rings. The van der Waals surface area contributed by atoms with Gasteiger partial charge in [-0.05, 0) is 29.2 Å². The summed E-state index contributed by atoms with van der Waals surface area (Å²) < 4.78 is 31.1. The van der Waals surface area contributed by atoms with Gasteiger partial charge in [0.05, 0.1) is 6.61 Å². The van der Waals surface area contributed by atoms with Crippen LogP contribution in [-0.2, 0) is 4.74 Å². The van der Waals surface area contributed by atoms with Gasteiger partial charge >= 0.3 is 6.09 Å². The summed E-state index contributed by atoms with van der Waals surface area (Å²) in [6, 6.07) is 15.7. The van der Waals surface area contributed by atoms with E-state index in [0.717, 1.165) is 29.2 Å². The summed E-state index contributed by atoms with van der Waals surface area (Å²) in [5.74, 6) is -0.148. The predicted octanol–water partition coefficient (Wildman–Crippen LogP) is 3.54. The van der Waals surface area contributed by atoms with Gasteiger partial charge in [-0.3, -0.25) is 0 Å². The van der Waals surface area contributed by atoms with Gasteiger partial charge in [0.2, 0.25) is 0 Å². The molecule has 6 heteroatoms. The van der Waals surface area contributed by atoms with Crippen molar-refractivity contribution in [2.24, 2.45) is 0 Å². The van der Waals surface area contributed by atoms with Crippen LogP contribution >= 0.6 is 0 Å². The Morgan fingerprint density at radius 2 is 1.68 bits per heavy atom. The second-order valence-corrected chi connectivity index (χ2v) is 6.33. The number of benzene rings is 2. The fourth-order valence-electron chi connectivity index (χ4n) is 3.03. The lowest BCUT2D eigenvalue weighted by Gasteiger charge is -2.27. The quantitative estimate of drug-likeness (QED) is 0.870. The van der Waals surface area contributed by atoms with Gasteiger partial charge in [0, 0.05) is 5.92 Å². The molecule has 0 bridgehead atoms. The Labute approximate surface area is 144 Å². The van der Waals surface area contributed by atoms with E-state index in [4.69, 9.17) is 9.84 Å². The number of amides is 1. The molecule has 1 atom stereocenters. The summed E-state index contributed by atoms with van der Waals surface area (Å²) in [6.07, 6.45) is -3.88. The van der Waals surface area contributed by atoms with Crippen LogP contribution in [0.3, 0.4) is 0 Å². The van der Waals surface area contributed by atoms with Crippen LogP contribution < -0.4 is 5.32 Å². The van der Waals surface area contributed by atoms with E-state index in [-0.39, 0.29) is 12.5 Å². The van der Waals surface area contributed by atoms with Gasteiger partial charge in [-0.1, -0.05) is 48.5 Å². The molecule has 132 valence electrons. The molecule has 3 rings (SSSR count). The Bertz CT molecular complexity index is 735. The summed E-state index contributed by atoms with van der Waals surface area (Å²) in [7, 11) is 0. The number of alkyl halides is 2. The number of halogens is 2. The van der Waals surface area contributed by atoms with Crippen molar-refractivity contribution in [1.82, 2.24) is 5.32 Å². The van der Waals surface area contributed by atoms with E-state index < -0.39 is 24.7 Å². The molecule has 0 aromatic heterocycles. The smallest absolute Gasteiger partial charge is 0.407 e. The van der Waals surface area contributed by atoms with Crippen LogP contribution in [0.2, 0.25) is 0 Å². The predicted molar refractivity (Wildman–Crippen MR) is 89.7 cm³/mol. The zero-order valence-electron chi connectivity index (χ0n) is 13.7. The number of aliphatic hydroxyl groups excluding tert-OH is 1. The maximum Gasteiger partial charge on any atom is 0.407 e. The normalized spacial score (nSPS) is 15.4.